The molecule has 0 aromatic heterocycles. The number of hydrogen-bond acceptors (Lipinski definition) is 2. The lowest BCUT2D eigenvalue weighted by atomic mass is 10.2. The van der Waals surface area contributed by atoms with Crippen molar-refractivity contribution in [3.05, 3.63) is 35.9 Å². The van der Waals surface area contributed by atoms with Gasteiger partial charge in [-0.05, 0) is 12.0 Å². The predicted molar refractivity (Wildman–Crippen MR) is 55.5 cm³/mol. The summed E-state index contributed by atoms with van der Waals surface area (Å²) in [5, 5.41) is 8.45. The zero-order valence-electron chi connectivity index (χ0n) is 8.19. The standard InChI is InChI=1S/C12H14N2/c13-8-4-7-12-10-14(12)9-11-5-2-1-3-6-11/h1-3,5-6,12H,4,7,9-10H2. The molecule has 2 heteroatoms. The average molecular weight is 186 g/mol. The predicted octanol–water partition coefficient (Wildman–Crippen LogP) is 2.17. The number of nitrogens with zero attached hydrogens (tertiary/aromatic N) is 2. The van der Waals surface area contributed by atoms with Crippen LogP contribution < -0.4 is 0 Å². The minimum Gasteiger partial charge on any atom is -0.293 e. The lowest BCUT2D eigenvalue weighted by Gasteiger charge is -2.02. The highest BCUT2D eigenvalue weighted by molar-refractivity contribution is 5.15. The van der Waals surface area contributed by atoms with Crippen LogP contribution in [-0.2, 0) is 6.54 Å². The number of hydrogen-bond donors (Lipinski definition) is 0. The van der Waals surface area contributed by atoms with Gasteiger partial charge in [-0.2, -0.15) is 5.26 Å². The molecule has 0 amide bonds. The van der Waals surface area contributed by atoms with Crippen LogP contribution in [0.5, 0.6) is 0 Å². The summed E-state index contributed by atoms with van der Waals surface area (Å²) < 4.78 is 0. The van der Waals surface area contributed by atoms with Crippen LogP contribution in [0.1, 0.15) is 18.4 Å². The fraction of sp³-hybridized carbons (Fsp3) is 0.417. The summed E-state index contributed by atoms with van der Waals surface area (Å²) in [7, 11) is 0. The number of rotatable bonds is 4. The maximum Gasteiger partial charge on any atom is 0.0622 e. The first-order valence-corrected chi connectivity index (χ1v) is 5.05. The second kappa shape index (κ2) is 4.26. The molecular weight excluding hydrogens is 172 g/mol. The minimum atomic E-state index is 0.662. The third kappa shape index (κ3) is 2.34. The first-order chi connectivity index (χ1) is 6.90. The molecule has 1 aromatic rings. The van der Waals surface area contributed by atoms with Crippen molar-refractivity contribution < 1.29 is 0 Å². The third-order valence-corrected chi connectivity index (χ3v) is 2.65. The third-order valence-electron chi connectivity index (χ3n) is 2.65. The highest BCUT2D eigenvalue weighted by atomic mass is 15.3. The van der Waals surface area contributed by atoms with E-state index in [9.17, 15) is 0 Å². The summed E-state index contributed by atoms with van der Waals surface area (Å²) >= 11 is 0. The van der Waals surface area contributed by atoms with Crippen molar-refractivity contribution in [3.63, 3.8) is 0 Å². The van der Waals surface area contributed by atoms with Gasteiger partial charge >= 0.3 is 0 Å². The van der Waals surface area contributed by atoms with Gasteiger partial charge < -0.3 is 0 Å². The molecule has 2 atom stereocenters. The molecule has 0 bridgehead atoms. The summed E-state index contributed by atoms with van der Waals surface area (Å²) in [5.41, 5.74) is 1.37. The Kier molecular flexibility index (Phi) is 2.81. The van der Waals surface area contributed by atoms with Gasteiger partial charge in [-0.25, -0.2) is 0 Å². The van der Waals surface area contributed by atoms with Crippen molar-refractivity contribution in [2.24, 2.45) is 0 Å². The molecule has 0 saturated carbocycles. The van der Waals surface area contributed by atoms with E-state index in [-0.39, 0.29) is 0 Å². The summed E-state index contributed by atoms with van der Waals surface area (Å²) in [6, 6.07) is 13.3. The molecule has 0 aliphatic carbocycles. The lowest BCUT2D eigenvalue weighted by Crippen LogP contribution is -2.01. The normalized spacial score (nSPS) is 24.2. The van der Waals surface area contributed by atoms with E-state index in [0.717, 1.165) is 19.5 Å². The SMILES string of the molecule is N#CCCC1CN1Cc1ccccc1. The Balaban J connectivity index is 1.77. The van der Waals surface area contributed by atoms with Crippen molar-refractivity contribution in [1.82, 2.24) is 4.90 Å². The molecule has 1 aliphatic rings. The van der Waals surface area contributed by atoms with Crippen molar-refractivity contribution in [1.29, 1.82) is 5.26 Å². The molecule has 2 nitrogen and oxygen atoms in total. The quantitative estimate of drug-likeness (QED) is 0.674. The molecular formula is C12H14N2. The Hall–Kier alpha value is -1.33. The van der Waals surface area contributed by atoms with Crippen LogP contribution in [0.15, 0.2) is 30.3 Å². The maximum atomic E-state index is 8.45. The molecule has 2 rings (SSSR count). The topological polar surface area (TPSA) is 26.8 Å². The molecule has 1 saturated heterocycles. The van der Waals surface area contributed by atoms with E-state index in [2.05, 4.69) is 35.2 Å². The smallest absolute Gasteiger partial charge is 0.0622 e. The van der Waals surface area contributed by atoms with E-state index >= 15 is 0 Å². The first-order valence-electron chi connectivity index (χ1n) is 5.05. The molecule has 0 radical (unpaired) electrons. The first kappa shape index (κ1) is 9.23. The molecule has 1 fully saturated rings. The van der Waals surface area contributed by atoms with Gasteiger partial charge in [0.2, 0.25) is 0 Å². The molecule has 1 heterocycles. The van der Waals surface area contributed by atoms with Crippen LogP contribution in [0, 0.1) is 11.3 Å². The van der Waals surface area contributed by atoms with E-state index in [4.69, 9.17) is 5.26 Å². The Morgan fingerprint density at radius 2 is 2.14 bits per heavy atom. The van der Waals surface area contributed by atoms with Crippen molar-refractivity contribution in [2.45, 2.75) is 25.4 Å². The molecule has 0 N–H and O–H groups in total. The molecule has 2 unspecified atom stereocenters. The van der Waals surface area contributed by atoms with Crippen LogP contribution in [0.4, 0.5) is 0 Å². The molecule has 1 aliphatic heterocycles. The largest absolute Gasteiger partial charge is 0.293 e. The monoisotopic (exact) mass is 186 g/mol. The van der Waals surface area contributed by atoms with Crippen molar-refractivity contribution >= 4 is 0 Å². The molecule has 72 valence electrons. The number of benzene rings is 1. The summed E-state index contributed by atoms with van der Waals surface area (Å²) in [6.07, 6.45) is 1.72. The van der Waals surface area contributed by atoms with Gasteiger partial charge in [-0.1, -0.05) is 30.3 Å². The van der Waals surface area contributed by atoms with Crippen LogP contribution in [0.3, 0.4) is 0 Å². The van der Waals surface area contributed by atoms with Gasteiger partial charge in [0.05, 0.1) is 6.07 Å². The van der Waals surface area contributed by atoms with Gasteiger partial charge in [0.1, 0.15) is 0 Å². The van der Waals surface area contributed by atoms with Crippen LogP contribution in [0.25, 0.3) is 0 Å². The molecule has 1 aromatic carbocycles. The Morgan fingerprint density at radius 3 is 2.86 bits per heavy atom. The van der Waals surface area contributed by atoms with E-state index in [1.165, 1.54) is 5.56 Å². The van der Waals surface area contributed by atoms with Crippen molar-refractivity contribution in [2.75, 3.05) is 6.54 Å². The van der Waals surface area contributed by atoms with E-state index in [1.807, 2.05) is 6.07 Å². The van der Waals surface area contributed by atoms with E-state index < -0.39 is 0 Å². The van der Waals surface area contributed by atoms with Gasteiger partial charge in [0, 0.05) is 25.6 Å². The Bertz CT molecular complexity index is 326. The van der Waals surface area contributed by atoms with Crippen LogP contribution in [0.2, 0.25) is 0 Å². The van der Waals surface area contributed by atoms with E-state index in [1.54, 1.807) is 0 Å². The zero-order chi connectivity index (χ0) is 9.80. The molecule has 14 heavy (non-hydrogen) atoms. The summed E-state index contributed by atoms with van der Waals surface area (Å²) in [4.78, 5) is 2.41. The Labute approximate surface area is 84.8 Å². The van der Waals surface area contributed by atoms with Crippen LogP contribution in [-0.4, -0.2) is 17.5 Å². The van der Waals surface area contributed by atoms with E-state index in [0.29, 0.717) is 12.5 Å². The van der Waals surface area contributed by atoms with Gasteiger partial charge in [0.25, 0.3) is 0 Å². The maximum absolute atomic E-state index is 8.45. The second-order valence-corrected chi connectivity index (χ2v) is 3.77. The highest BCUT2D eigenvalue weighted by Crippen LogP contribution is 2.24. The molecule has 0 spiro atoms. The average Bonchev–Trinajstić information content (AvgIpc) is 2.95. The fourth-order valence-electron chi connectivity index (χ4n) is 1.74. The lowest BCUT2D eigenvalue weighted by molar-refractivity contribution is 0.489. The fourth-order valence-corrected chi connectivity index (χ4v) is 1.74. The number of nitriles is 1. The van der Waals surface area contributed by atoms with Gasteiger partial charge in [-0.15, -0.1) is 0 Å². The Morgan fingerprint density at radius 1 is 1.36 bits per heavy atom. The van der Waals surface area contributed by atoms with Gasteiger partial charge in [0.15, 0.2) is 0 Å². The second-order valence-electron chi connectivity index (χ2n) is 3.77. The van der Waals surface area contributed by atoms with Gasteiger partial charge in [-0.3, -0.25) is 4.90 Å². The zero-order valence-corrected chi connectivity index (χ0v) is 8.19. The van der Waals surface area contributed by atoms with Crippen molar-refractivity contribution in [3.8, 4) is 6.07 Å². The van der Waals surface area contributed by atoms with Crippen LogP contribution >= 0.6 is 0 Å². The summed E-state index contributed by atoms with van der Waals surface area (Å²) in [6.45, 7) is 2.20. The highest BCUT2D eigenvalue weighted by Gasteiger charge is 2.32. The minimum absolute atomic E-state index is 0.662. The summed E-state index contributed by atoms with van der Waals surface area (Å²) in [5.74, 6) is 0.